The quantitative estimate of drug-likeness (QED) is 0.706. The number of hydrogen-bond donors (Lipinski definition) is 1. The molecule has 2 nitrogen and oxygen atoms in total. The first-order chi connectivity index (χ1) is 7.33. The molecule has 2 heterocycles. The van der Waals surface area contributed by atoms with Gasteiger partial charge in [0.25, 0.3) is 0 Å². The summed E-state index contributed by atoms with van der Waals surface area (Å²) in [5.41, 5.74) is 0. The molecule has 0 spiro atoms. The minimum Gasteiger partial charge on any atom is -0.316 e. The van der Waals surface area contributed by atoms with Crippen molar-refractivity contribution >= 4 is 0 Å². The van der Waals surface area contributed by atoms with E-state index in [0.717, 1.165) is 23.8 Å². The van der Waals surface area contributed by atoms with Crippen molar-refractivity contribution in [1.82, 2.24) is 10.2 Å². The first kappa shape index (κ1) is 10.1. The number of fused-ring (bicyclic) bond motifs is 1. The topological polar surface area (TPSA) is 15.3 Å². The van der Waals surface area contributed by atoms with E-state index in [9.17, 15) is 0 Å². The fourth-order valence-corrected chi connectivity index (χ4v) is 3.80. The van der Waals surface area contributed by atoms with E-state index in [0.29, 0.717) is 0 Å². The van der Waals surface area contributed by atoms with Crippen LogP contribution in [0.4, 0.5) is 0 Å². The molecule has 0 aromatic carbocycles. The third-order valence-corrected chi connectivity index (χ3v) is 4.92. The van der Waals surface area contributed by atoms with Crippen LogP contribution in [0.2, 0.25) is 0 Å². The zero-order valence-electron chi connectivity index (χ0n) is 9.91. The molecular weight excluding hydrogens is 184 g/mol. The number of nitrogens with zero attached hydrogens (tertiary/aromatic N) is 1. The van der Waals surface area contributed by atoms with Crippen molar-refractivity contribution in [3.63, 3.8) is 0 Å². The molecule has 0 bridgehead atoms. The summed E-state index contributed by atoms with van der Waals surface area (Å²) in [4.78, 5) is 2.81. The molecule has 2 unspecified atom stereocenters. The molecule has 2 saturated heterocycles. The lowest BCUT2D eigenvalue weighted by Crippen LogP contribution is -2.38. The van der Waals surface area contributed by atoms with Crippen LogP contribution in [-0.2, 0) is 0 Å². The highest BCUT2D eigenvalue weighted by molar-refractivity contribution is 4.94. The van der Waals surface area contributed by atoms with Crippen molar-refractivity contribution < 1.29 is 0 Å². The Bertz CT molecular complexity index is 209. The van der Waals surface area contributed by atoms with Gasteiger partial charge >= 0.3 is 0 Å². The van der Waals surface area contributed by atoms with Gasteiger partial charge in [0.05, 0.1) is 0 Å². The Kier molecular flexibility index (Phi) is 2.73. The lowest BCUT2D eigenvalue weighted by molar-refractivity contribution is 0.160. The Labute approximate surface area is 93.4 Å². The summed E-state index contributed by atoms with van der Waals surface area (Å²) in [6, 6.07) is 0.937. The second-order valence-corrected chi connectivity index (χ2v) is 6.05. The summed E-state index contributed by atoms with van der Waals surface area (Å²) in [5, 5.41) is 3.53. The lowest BCUT2D eigenvalue weighted by Gasteiger charge is -2.34. The number of hydrogen-bond acceptors (Lipinski definition) is 2. The van der Waals surface area contributed by atoms with Gasteiger partial charge in [0.1, 0.15) is 0 Å². The fourth-order valence-electron chi connectivity index (χ4n) is 3.80. The Morgan fingerprint density at radius 1 is 0.933 bits per heavy atom. The highest BCUT2D eigenvalue weighted by Gasteiger charge is 2.39. The molecule has 3 aliphatic rings. The van der Waals surface area contributed by atoms with Crippen LogP contribution < -0.4 is 5.32 Å². The molecule has 15 heavy (non-hydrogen) atoms. The zero-order valence-corrected chi connectivity index (χ0v) is 9.91. The largest absolute Gasteiger partial charge is 0.316 e. The normalized spacial score (nSPS) is 47.0. The van der Waals surface area contributed by atoms with Gasteiger partial charge in [-0.1, -0.05) is 6.92 Å². The predicted molar refractivity (Wildman–Crippen MR) is 62.8 cm³/mol. The molecule has 2 atom stereocenters. The minimum atomic E-state index is 0.937. The van der Waals surface area contributed by atoms with Crippen molar-refractivity contribution in [2.24, 2.45) is 17.8 Å². The van der Waals surface area contributed by atoms with Crippen molar-refractivity contribution in [2.75, 3.05) is 26.2 Å². The van der Waals surface area contributed by atoms with E-state index in [2.05, 4.69) is 17.1 Å². The zero-order chi connectivity index (χ0) is 10.3. The first-order valence-corrected chi connectivity index (χ1v) is 6.77. The Morgan fingerprint density at radius 3 is 2.13 bits per heavy atom. The van der Waals surface area contributed by atoms with Gasteiger partial charge in [0.2, 0.25) is 0 Å². The van der Waals surface area contributed by atoms with Crippen LogP contribution in [-0.4, -0.2) is 37.1 Å². The van der Waals surface area contributed by atoms with Gasteiger partial charge in [-0.05, 0) is 56.5 Å². The van der Waals surface area contributed by atoms with E-state index >= 15 is 0 Å². The Balaban J connectivity index is 1.56. The van der Waals surface area contributed by atoms with Crippen LogP contribution in [0, 0.1) is 17.8 Å². The van der Waals surface area contributed by atoms with E-state index in [4.69, 9.17) is 0 Å². The summed E-state index contributed by atoms with van der Waals surface area (Å²) in [6.45, 7) is 7.75. The molecule has 1 N–H and O–H groups in total. The van der Waals surface area contributed by atoms with Gasteiger partial charge in [-0.25, -0.2) is 0 Å². The van der Waals surface area contributed by atoms with Crippen LogP contribution >= 0.6 is 0 Å². The number of rotatable bonds is 1. The minimum absolute atomic E-state index is 0.937. The summed E-state index contributed by atoms with van der Waals surface area (Å²) in [6.07, 6.45) is 5.87. The number of likely N-dealkylation sites (tertiary alicyclic amines) is 1. The average Bonchev–Trinajstić information content (AvgIpc) is 2.78. The Hall–Kier alpha value is -0.0800. The SMILES string of the molecule is CC1CCC(N2CC3CNCC3C2)CC1. The van der Waals surface area contributed by atoms with E-state index < -0.39 is 0 Å². The summed E-state index contributed by atoms with van der Waals surface area (Å²) >= 11 is 0. The monoisotopic (exact) mass is 208 g/mol. The van der Waals surface area contributed by atoms with Gasteiger partial charge in [-0.2, -0.15) is 0 Å². The molecule has 1 aliphatic carbocycles. The standard InChI is InChI=1S/C13H24N2/c1-10-2-4-13(5-3-10)15-8-11-6-14-7-12(11)9-15/h10-14H,2-9H2,1H3. The van der Waals surface area contributed by atoms with E-state index in [1.807, 2.05) is 0 Å². The molecule has 3 rings (SSSR count). The summed E-state index contributed by atoms with van der Waals surface area (Å²) < 4.78 is 0. The van der Waals surface area contributed by atoms with Crippen LogP contribution in [0.1, 0.15) is 32.6 Å². The third kappa shape index (κ3) is 1.94. The molecular formula is C13H24N2. The molecule has 3 fully saturated rings. The maximum absolute atomic E-state index is 3.53. The second kappa shape index (κ2) is 4.06. The molecule has 0 aromatic rings. The van der Waals surface area contributed by atoms with E-state index in [1.165, 1.54) is 51.9 Å². The maximum Gasteiger partial charge on any atom is 0.00957 e. The summed E-state index contributed by atoms with van der Waals surface area (Å²) in [7, 11) is 0. The van der Waals surface area contributed by atoms with Gasteiger partial charge < -0.3 is 5.32 Å². The van der Waals surface area contributed by atoms with Crippen molar-refractivity contribution in [3.05, 3.63) is 0 Å². The highest BCUT2D eigenvalue weighted by Crippen LogP contribution is 2.33. The molecule has 2 aliphatic heterocycles. The molecule has 0 amide bonds. The van der Waals surface area contributed by atoms with E-state index in [1.54, 1.807) is 0 Å². The summed E-state index contributed by atoms with van der Waals surface area (Å²) in [5.74, 6) is 2.94. The number of nitrogens with one attached hydrogen (secondary N) is 1. The molecule has 86 valence electrons. The van der Waals surface area contributed by atoms with Crippen LogP contribution in [0.3, 0.4) is 0 Å². The fraction of sp³-hybridized carbons (Fsp3) is 1.00. The molecule has 0 radical (unpaired) electrons. The van der Waals surface area contributed by atoms with Crippen molar-refractivity contribution in [1.29, 1.82) is 0 Å². The Morgan fingerprint density at radius 2 is 1.53 bits per heavy atom. The van der Waals surface area contributed by atoms with Crippen LogP contribution in [0.5, 0.6) is 0 Å². The van der Waals surface area contributed by atoms with Gasteiger partial charge in [0.15, 0.2) is 0 Å². The third-order valence-electron chi connectivity index (χ3n) is 4.92. The lowest BCUT2D eigenvalue weighted by atomic mass is 9.87. The van der Waals surface area contributed by atoms with Crippen LogP contribution in [0.25, 0.3) is 0 Å². The first-order valence-electron chi connectivity index (χ1n) is 6.77. The maximum atomic E-state index is 3.53. The molecule has 2 heteroatoms. The van der Waals surface area contributed by atoms with Gasteiger partial charge in [0, 0.05) is 19.1 Å². The van der Waals surface area contributed by atoms with Gasteiger partial charge in [-0.3, -0.25) is 4.90 Å². The second-order valence-electron chi connectivity index (χ2n) is 6.05. The van der Waals surface area contributed by atoms with Gasteiger partial charge in [-0.15, -0.1) is 0 Å². The van der Waals surface area contributed by atoms with Crippen molar-refractivity contribution in [2.45, 2.75) is 38.6 Å². The van der Waals surface area contributed by atoms with E-state index in [-0.39, 0.29) is 0 Å². The molecule has 0 aromatic heterocycles. The van der Waals surface area contributed by atoms with Crippen molar-refractivity contribution in [3.8, 4) is 0 Å². The molecule has 1 saturated carbocycles. The van der Waals surface area contributed by atoms with Crippen LogP contribution in [0.15, 0.2) is 0 Å². The average molecular weight is 208 g/mol. The smallest absolute Gasteiger partial charge is 0.00957 e. The predicted octanol–water partition coefficient (Wildman–Crippen LogP) is 1.72. The highest BCUT2D eigenvalue weighted by atomic mass is 15.2.